The number of benzene rings is 2. The molecule has 168 valence electrons. The van der Waals surface area contributed by atoms with Gasteiger partial charge < -0.3 is 15.0 Å². The predicted octanol–water partition coefficient (Wildman–Crippen LogP) is 5.20. The maximum Gasteiger partial charge on any atom is 0.123 e. The van der Waals surface area contributed by atoms with Crippen LogP contribution in [0, 0.1) is 17.7 Å². The highest BCUT2D eigenvalue weighted by Gasteiger charge is 2.46. The van der Waals surface area contributed by atoms with Gasteiger partial charge in [-0.1, -0.05) is 30.3 Å². The molecule has 1 saturated carbocycles. The zero-order valence-corrected chi connectivity index (χ0v) is 18.7. The topological polar surface area (TPSA) is 52.2 Å². The third-order valence-corrected chi connectivity index (χ3v) is 7.41. The number of halogens is 1. The lowest BCUT2D eigenvalue weighted by Crippen LogP contribution is -2.48. The van der Waals surface area contributed by atoms with E-state index in [0.29, 0.717) is 5.92 Å². The molecule has 0 saturated heterocycles. The number of nitrogens with zero attached hydrogens (tertiary/aromatic N) is 2. The molecule has 2 aromatic carbocycles. The molecule has 2 bridgehead atoms. The van der Waals surface area contributed by atoms with Crippen molar-refractivity contribution in [3.63, 3.8) is 0 Å². The standard InChI is InChI=1S/C27H32FN3O/c1-31(14-5-10-26-29-24-8-2-3-9-25(24)30-26)15-13-27(32)18-20-11-12-21(27)17-23(20)19-6-4-7-22(28)16-19/h2-4,6-9,16-17,20-21,32H,5,10-15,18H2,1H3,(H,29,30)/t20-,21?,27+/m1/s1. The largest absolute Gasteiger partial charge is 0.389 e. The lowest BCUT2D eigenvalue weighted by molar-refractivity contribution is -0.0574. The third-order valence-electron chi connectivity index (χ3n) is 7.41. The minimum absolute atomic E-state index is 0.162. The lowest BCUT2D eigenvalue weighted by Gasteiger charge is -2.48. The Morgan fingerprint density at radius 3 is 2.81 bits per heavy atom. The first-order valence-electron chi connectivity index (χ1n) is 11.8. The second kappa shape index (κ2) is 8.80. The second-order valence-electron chi connectivity index (χ2n) is 9.68. The molecule has 0 radical (unpaired) electrons. The Morgan fingerprint density at radius 1 is 1.16 bits per heavy atom. The highest BCUT2D eigenvalue weighted by Crippen LogP contribution is 2.51. The van der Waals surface area contributed by atoms with E-state index in [0.717, 1.165) is 74.0 Å². The summed E-state index contributed by atoms with van der Waals surface area (Å²) in [4.78, 5) is 10.4. The molecule has 3 aliphatic carbocycles. The summed E-state index contributed by atoms with van der Waals surface area (Å²) in [6.45, 7) is 1.86. The van der Waals surface area contributed by atoms with E-state index in [2.05, 4.69) is 34.1 Å². The molecule has 0 aliphatic heterocycles. The average molecular weight is 434 g/mol. The van der Waals surface area contributed by atoms with Gasteiger partial charge in [-0.05, 0) is 87.0 Å². The molecule has 4 nitrogen and oxygen atoms in total. The molecule has 1 aromatic heterocycles. The Hall–Kier alpha value is -2.50. The van der Waals surface area contributed by atoms with Crippen LogP contribution in [0.1, 0.15) is 43.5 Å². The van der Waals surface area contributed by atoms with Crippen LogP contribution in [0.25, 0.3) is 16.6 Å². The number of aromatic nitrogens is 2. The van der Waals surface area contributed by atoms with Gasteiger partial charge in [-0.2, -0.15) is 0 Å². The van der Waals surface area contributed by atoms with Gasteiger partial charge in [0.05, 0.1) is 16.6 Å². The van der Waals surface area contributed by atoms with Gasteiger partial charge >= 0.3 is 0 Å². The number of fused-ring (bicyclic) bond motifs is 3. The Kier molecular flexibility index (Phi) is 5.87. The molecule has 5 heteroatoms. The number of allylic oxidation sites excluding steroid dienone is 1. The number of hydrogen-bond acceptors (Lipinski definition) is 3. The van der Waals surface area contributed by atoms with Crippen LogP contribution in [0.3, 0.4) is 0 Å². The highest BCUT2D eigenvalue weighted by molar-refractivity contribution is 5.74. The molecule has 1 heterocycles. The molecule has 2 N–H and O–H groups in total. The SMILES string of the molecule is CN(CCCc1nc2ccccc2[nH]1)CC[C@]1(O)C[C@H]2CCC1C=C2c1cccc(F)c1. The van der Waals surface area contributed by atoms with Crippen molar-refractivity contribution in [2.24, 2.45) is 11.8 Å². The zero-order chi connectivity index (χ0) is 22.1. The van der Waals surface area contributed by atoms with Crippen molar-refractivity contribution in [2.75, 3.05) is 20.1 Å². The fourth-order valence-electron chi connectivity index (χ4n) is 5.61. The minimum Gasteiger partial charge on any atom is -0.389 e. The molecule has 0 spiro atoms. The van der Waals surface area contributed by atoms with Crippen LogP contribution in [-0.2, 0) is 6.42 Å². The molecule has 1 unspecified atom stereocenters. The number of H-pyrrole nitrogens is 1. The number of rotatable bonds is 8. The summed E-state index contributed by atoms with van der Waals surface area (Å²) in [5, 5.41) is 11.5. The van der Waals surface area contributed by atoms with Gasteiger partial charge in [0.1, 0.15) is 11.6 Å². The van der Waals surface area contributed by atoms with Crippen LogP contribution in [0.15, 0.2) is 54.6 Å². The number of aryl methyl sites for hydroxylation is 1. The molecule has 6 rings (SSSR count). The van der Waals surface area contributed by atoms with Crippen LogP contribution in [0.2, 0.25) is 0 Å². The van der Waals surface area contributed by atoms with Crippen LogP contribution >= 0.6 is 0 Å². The van der Waals surface area contributed by atoms with Crippen LogP contribution in [0.5, 0.6) is 0 Å². The first-order chi connectivity index (χ1) is 15.5. The van der Waals surface area contributed by atoms with Crippen molar-refractivity contribution >= 4 is 16.6 Å². The van der Waals surface area contributed by atoms with E-state index in [-0.39, 0.29) is 11.7 Å². The third kappa shape index (κ3) is 4.37. The number of aliphatic hydroxyl groups is 1. The van der Waals surface area contributed by atoms with Crippen LogP contribution < -0.4 is 0 Å². The minimum atomic E-state index is -0.646. The predicted molar refractivity (Wildman–Crippen MR) is 127 cm³/mol. The molecular formula is C27H32FN3O. The van der Waals surface area contributed by atoms with Gasteiger partial charge in [-0.3, -0.25) is 0 Å². The van der Waals surface area contributed by atoms with Crippen molar-refractivity contribution in [2.45, 2.75) is 44.1 Å². The van der Waals surface area contributed by atoms with E-state index in [1.165, 1.54) is 11.6 Å². The van der Waals surface area contributed by atoms with Gasteiger partial charge in [0.15, 0.2) is 0 Å². The van der Waals surface area contributed by atoms with Crippen molar-refractivity contribution < 1.29 is 9.50 Å². The maximum atomic E-state index is 13.7. The summed E-state index contributed by atoms with van der Waals surface area (Å²) in [6.07, 6.45) is 7.86. The number of para-hydroxylation sites is 2. The summed E-state index contributed by atoms with van der Waals surface area (Å²) >= 11 is 0. The lowest BCUT2D eigenvalue weighted by atomic mass is 9.61. The van der Waals surface area contributed by atoms with E-state index >= 15 is 0 Å². The molecule has 3 aliphatic rings. The van der Waals surface area contributed by atoms with Gasteiger partial charge in [0, 0.05) is 18.9 Å². The van der Waals surface area contributed by atoms with E-state index in [1.807, 2.05) is 24.3 Å². The maximum absolute atomic E-state index is 13.7. The molecule has 3 aromatic rings. The van der Waals surface area contributed by atoms with E-state index in [4.69, 9.17) is 0 Å². The van der Waals surface area contributed by atoms with Gasteiger partial charge in [-0.15, -0.1) is 0 Å². The smallest absolute Gasteiger partial charge is 0.123 e. The summed E-state index contributed by atoms with van der Waals surface area (Å²) < 4.78 is 13.7. The van der Waals surface area contributed by atoms with Crippen molar-refractivity contribution in [3.8, 4) is 0 Å². The van der Waals surface area contributed by atoms with Crippen molar-refractivity contribution in [1.29, 1.82) is 0 Å². The Balaban J connectivity index is 1.14. The van der Waals surface area contributed by atoms with E-state index < -0.39 is 5.60 Å². The molecule has 0 amide bonds. The Bertz CT molecular complexity index is 1090. The van der Waals surface area contributed by atoms with E-state index in [1.54, 1.807) is 12.1 Å². The normalized spacial score (nSPS) is 24.9. The van der Waals surface area contributed by atoms with Crippen molar-refractivity contribution in [1.82, 2.24) is 14.9 Å². The number of imidazole rings is 1. The summed E-state index contributed by atoms with van der Waals surface area (Å²) in [7, 11) is 2.14. The van der Waals surface area contributed by atoms with Gasteiger partial charge in [0.2, 0.25) is 0 Å². The second-order valence-corrected chi connectivity index (χ2v) is 9.68. The fraction of sp³-hybridized carbons (Fsp3) is 0.444. The first-order valence-corrected chi connectivity index (χ1v) is 11.8. The monoisotopic (exact) mass is 433 g/mol. The summed E-state index contributed by atoms with van der Waals surface area (Å²) in [5.41, 5.74) is 3.67. The molecule has 32 heavy (non-hydrogen) atoms. The summed E-state index contributed by atoms with van der Waals surface area (Å²) in [5.74, 6) is 1.34. The average Bonchev–Trinajstić information content (AvgIpc) is 3.21. The Morgan fingerprint density at radius 2 is 2.03 bits per heavy atom. The van der Waals surface area contributed by atoms with Gasteiger partial charge in [-0.25, -0.2) is 9.37 Å². The molecular weight excluding hydrogens is 401 g/mol. The Labute approximate surface area is 189 Å². The fourth-order valence-corrected chi connectivity index (χ4v) is 5.61. The van der Waals surface area contributed by atoms with E-state index in [9.17, 15) is 9.50 Å². The number of hydrogen-bond donors (Lipinski definition) is 2. The molecule has 3 atom stereocenters. The summed E-state index contributed by atoms with van der Waals surface area (Å²) in [6, 6.07) is 15.0. The van der Waals surface area contributed by atoms with Crippen molar-refractivity contribution in [3.05, 3.63) is 71.8 Å². The van der Waals surface area contributed by atoms with Gasteiger partial charge in [0.25, 0.3) is 0 Å². The van der Waals surface area contributed by atoms with Crippen LogP contribution in [0.4, 0.5) is 4.39 Å². The zero-order valence-electron chi connectivity index (χ0n) is 18.7. The first kappa shape index (κ1) is 21.4. The highest BCUT2D eigenvalue weighted by atomic mass is 19.1. The number of aromatic amines is 1. The number of nitrogens with one attached hydrogen (secondary N) is 1. The van der Waals surface area contributed by atoms with Crippen LogP contribution in [-0.4, -0.2) is 45.7 Å². The quantitative estimate of drug-likeness (QED) is 0.513. The molecule has 1 fully saturated rings.